The number of nitrogens with zero attached hydrogens (tertiary/aromatic N) is 3. The first-order valence-corrected chi connectivity index (χ1v) is 6.79. The molecular formula is C12H13ClN4OS. The quantitative estimate of drug-likeness (QED) is 0.865. The van der Waals surface area contributed by atoms with E-state index in [9.17, 15) is 4.79 Å². The molecule has 0 fully saturated rings. The van der Waals surface area contributed by atoms with Gasteiger partial charge in [-0.2, -0.15) is 0 Å². The van der Waals surface area contributed by atoms with Crippen LogP contribution < -0.4 is 5.32 Å². The lowest BCUT2D eigenvalue weighted by Crippen LogP contribution is -2.20. The highest BCUT2D eigenvalue weighted by atomic mass is 35.5. The normalized spacial score (nSPS) is 11.4. The van der Waals surface area contributed by atoms with Gasteiger partial charge >= 0.3 is 0 Å². The zero-order valence-electron chi connectivity index (χ0n) is 10.8. The summed E-state index contributed by atoms with van der Waals surface area (Å²) >= 11 is 6.98. The van der Waals surface area contributed by atoms with Crippen molar-refractivity contribution in [2.75, 3.05) is 5.32 Å². The molecule has 2 aromatic rings. The van der Waals surface area contributed by atoms with Gasteiger partial charge in [0.1, 0.15) is 4.88 Å². The Morgan fingerprint density at radius 2 is 2.16 bits per heavy atom. The summed E-state index contributed by atoms with van der Waals surface area (Å²) < 4.78 is 3.86. The molecule has 0 bridgehead atoms. The highest BCUT2D eigenvalue weighted by Crippen LogP contribution is 2.27. The van der Waals surface area contributed by atoms with E-state index in [0.29, 0.717) is 16.3 Å². The fourth-order valence-electron chi connectivity index (χ4n) is 1.49. The van der Waals surface area contributed by atoms with Gasteiger partial charge in [0.15, 0.2) is 5.15 Å². The number of hydrogen-bond donors (Lipinski definition) is 1. The lowest BCUT2D eigenvalue weighted by molar-refractivity contribution is 0.102. The van der Waals surface area contributed by atoms with E-state index in [4.69, 9.17) is 11.6 Å². The molecule has 0 radical (unpaired) electrons. The minimum absolute atomic E-state index is 0.238. The molecule has 1 amide bonds. The molecule has 0 saturated carbocycles. The van der Waals surface area contributed by atoms with Crippen LogP contribution in [0.5, 0.6) is 0 Å². The Balaban J connectivity index is 2.27. The zero-order chi connectivity index (χ0) is 14.0. The topological polar surface area (TPSA) is 67.8 Å². The number of hydrogen-bond acceptors (Lipinski definition) is 5. The van der Waals surface area contributed by atoms with Crippen LogP contribution in [0.15, 0.2) is 18.3 Å². The number of pyridine rings is 1. The summed E-state index contributed by atoms with van der Waals surface area (Å²) in [7, 11) is 0. The second-order valence-corrected chi connectivity index (χ2v) is 6.11. The number of halogens is 1. The van der Waals surface area contributed by atoms with Gasteiger partial charge in [-0.15, -0.1) is 5.10 Å². The van der Waals surface area contributed by atoms with E-state index in [1.807, 2.05) is 20.8 Å². The Kier molecular flexibility index (Phi) is 3.82. The number of aromatic nitrogens is 3. The van der Waals surface area contributed by atoms with Crippen molar-refractivity contribution in [2.45, 2.75) is 26.2 Å². The number of carbonyl (C=O) groups is 1. The molecule has 100 valence electrons. The van der Waals surface area contributed by atoms with Crippen molar-refractivity contribution in [2.24, 2.45) is 0 Å². The van der Waals surface area contributed by atoms with Crippen LogP contribution in [0, 0.1) is 0 Å². The van der Waals surface area contributed by atoms with Gasteiger partial charge < -0.3 is 5.32 Å². The summed E-state index contributed by atoms with van der Waals surface area (Å²) in [6.45, 7) is 5.95. The fraction of sp³-hybridized carbons (Fsp3) is 0.333. The Morgan fingerprint density at radius 3 is 2.79 bits per heavy atom. The third kappa shape index (κ3) is 3.08. The van der Waals surface area contributed by atoms with Gasteiger partial charge in [0.25, 0.3) is 5.91 Å². The summed E-state index contributed by atoms with van der Waals surface area (Å²) in [5, 5.41) is 7.01. The molecule has 0 aliphatic carbocycles. The summed E-state index contributed by atoms with van der Waals surface area (Å²) in [4.78, 5) is 16.6. The number of rotatable bonds is 2. The molecule has 0 saturated heterocycles. The smallest absolute Gasteiger partial charge is 0.269 e. The van der Waals surface area contributed by atoms with Crippen LogP contribution in [0.3, 0.4) is 0 Å². The maximum Gasteiger partial charge on any atom is 0.269 e. The Hall–Kier alpha value is -1.53. The van der Waals surface area contributed by atoms with Crippen molar-refractivity contribution in [3.8, 4) is 0 Å². The van der Waals surface area contributed by atoms with Crippen LogP contribution in [0.4, 0.5) is 5.69 Å². The van der Waals surface area contributed by atoms with E-state index >= 15 is 0 Å². The highest BCUT2D eigenvalue weighted by molar-refractivity contribution is 7.08. The molecule has 0 aliphatic heterocycles. The third-order valence-electron chi connectivity index (χ3n) is 2.41. The molecule has 2 aromatic heterocycles. The van der Waals surface area contributed by atoms with E-state index in [1.54, 1.807) is 18.3 Å². The van der Waals surface area contributed by atoms with E-state index in [-0.39, 0.29) is 16.5 Å². The summed E-state index contributed by atoms with van der Waals surface area (Å²) in [5.74, 6) is -0.269. The van der Waals surface area contributed by atoms with Crippen molar-refractivity contribution in [3.05, 3.63) is 34.1 Å². The highest BCUT2D eigenvalue weighted by Gasteiger charge is 2.26. The molecule has 0 unspecified atom stereocenters. The summed E-state index contributed by atoms with van der Waals surface area (Å²) in [6, 6.07) is 3.40. The Bertz CT molecular complexity index is 606. The SMILES string of the molecule is CC(C)(C)c1nnsc1C(=O)Nc1cccnc1Cl. The lowest BCUT2D eigenvalue weighted by Gasteiger charge is -2.16. The van der Waals surface area contributed by atoms with E-state index in [1.165, 1.54) is 0 Å². The molecule has 5 nitrogen and oxygen atoms in total. The average Bonchev–Trinajstić information content (AvgIpc) is 2.81. The average molecular weight is 297 g/mol. The minimum Gasteiger partial charge on any atom is -0.319 e. The van der Waals surface area contributed by atoms with Gasteiger partial charge in [0.2, 0.25) is 0 Å². The first-order valence-electron chi connectivity index (χ1n) is 5.64. The number of carbonyl (C=O) groups excluding carboxylic acids is 1. The van der Waals surface area contributed by atoms with Crippen LogP contribution in [-0.4, -0.2) is 20.5 Å². The van der Waals surface area contributed by atoms with E-state index in [0.717, 1.165) is 11.5 Å². The molecule has 2 rings (SSSR count). The van der Waals surface area contributed by atoms with Crippen molar-refractivity contribution in [3.63, 3.8) is 0 Å². The van der Waals surface area contributed by atoms with Crippen molar-refractivity contribution in [1.82, 2.24) is 14.6 Å². The summed E-state index contributed by atoms with van der Waals surface area (Å²) in [5.41, 5.74) is 0.913. The van der Waals surface area contributed by atoms with Gasteiger partial charge in [-0.1, -0.05) is 36.9 Å². The van der Waals surface area contributed by atoms with Crippen LogP contribution in [0.2, 0.25) is 5.15 Å². The second-order valence-electron chi connectivity index (χ2n) is 5.00. The van der Waals surface area contributed by atoms with Crippen molar-refractivity contribution < 1.29 is 4.79 Å². The van der Waals surface area contributed by atoms with Crippen LogP contribution >= 0.6 is 23.1 Å². The van der Waals surface area contributed by atoms with Gasteiger partial charge in [-0.05, 0) is 23.7 Å². The molecule has 0 aromatic carbocycles. The number of nitrogens with one attached hydrogen (secondary N) is 1. The first kappa shape index (κ1) is 13.9. The van der Waals surface area contributed by atoms with E-state index < -0.39 is 0 Å². The van der Waals surface area contributed by atoms with Crippen molar-refractivity contribution in [1.29, 1.82) is 0 Å². The molecular weight excluding hydrogens is 284 g/mol. The fourth-order valence-corrected chi connectivity index (χ4v) is 2.43. The molecule has 19 heavy (non-hydrogen) atoms. The first-order chi connectivity index (χ1) is 8.89. The maximum absolute atomic E-state index is 12.2. The number of anilines is 1. The predicted molar refractivity (Wildman–Crippen MR) is 75.8 cm³/mol. The zero-order valence-corrected chi connectivity index (χ0v) is 12.3. The molecule has 0 spiro atoms. The third-order valence-corrected chi connectivity index (χ3v) is 3.44. The van der Waals surface area contributed by atoms with Gasteiger partial charge in [-0.25, -0.2) is 4.98 Å². The van der Waals surface area contributed by atoms with Crippen molar-refractivity contribution >= 4 is 34.7 Å². The summed E-state index contributed by atoms with van der Waals surface area (Å²) in [6.07, 6.45) is 1.56. The molecule has 0 aliphatic rings. The minimum atomic E-state index is -0.269. The predicted octanol–water partition coefficient (Wildman–Crippen LogP) is 3.14. The molecule has 0 atom stereocenters. The Labute approximate surface area is 120 Å². The monoisotopic (exact) mass is 296 g/mol. The molecule has 2 heterocycles. The van der Waals surface area contributed by atoms with E-state index in [2.05, 4.69) is 19.9 Å². The Morgan fingerprint density at radius 1 is 1.42 bits per heavy atom. The second kappa shape index (κ2) is 5.22. The van der Waals surface area contributed by atoms with Gasteiger partial charge in [-0.3, -0.25) is 4.79 Å². The molecule has 7 heteroatoms. The molecule has 1 N–H and O–H groups in total. The van der Waals surface area contributed by atoms with Crippen LogP contribution in [-0.2, 0) is 5.41 Å². The maximum atomic E-state index is 12.2. The lowest BCUT2D eigenvalue weighted by atomic mass is 9.91. The van der Waals surface area contributed by atoms with Crippen LogP contribution in [0.1, 0.15) is 36.1 Å². The van der Waals surface area contributed by atoms with Gasteiger partial charge in [0, 0.05) is 11.6 Å². The number of amides is 1. The standard InChI is InChI=1S/C12H13ClN4OS/c1-12(2,3)9-8(19-17-16-9)11(18)15-7-5-4-6-14-10(7)13/h4-6H,1-3H3,(H,15,18). The largest absolute Gasteiger partial charge is 0.319 e. The van der Waals surface area contributed by atoms with Crippen LogP contribution in [0.25, 0.3) is 0 Å². The van der Waals surface area contributed by atoms with Gasteiger partial charge in [0.05, 0.1) is 11.4 Å².